The monoisotopic (exact) mass is 367 g/mol. The molecule has 0 bridgehead atoms. The van der Waals surface area contributed by atoms with Crippen molar-refractivity contribution in [3.05, 3.63) is 60.2 Å². The summed E-state index contributed by atoms with van der Waals surface area (Å²) in [6, 6.07) is 12.8. The van der Waals surface area contributed by atoms with Crippen molar-refractivity contribution < 1.29 is 19.1 Å². The van der Waals surface area contributed by atoms with E-state index in [0.717, 1.165) is 16.3 Å². The Bertz CT molecular complexity index is 868. The maximum absolute atomic E-state index is 12.8. The summed E-state index contributed by atoms with van der Waals surface area (Å²) >= 11 is 0. The molecule has 3 rings (SSSR count). The highest BCUT2D eigenvalue weighted by Gasteiger charge is 2.48. The number of carbonyl (C=O) groups is 2. The Morgan fingerprint density at radius 3 is 2.56 bits per heavy atom. The third-order valence-electron chi connectivity index (χ3n) is 4.72. The molecule has 1 saturated heterocycles. The van der Waals surface area contributed by atoms with Gasteiger partial charge in [-0.3, -0.25) is 4.90 Å². The fourth-order valence-corrected chi connectivity index (χ4v) is 3.56. The van der Waals surface area contributed by atoms with Crippen molar-refractivity contribution in [1.29, 1.82) is 0 Å². The van der Waals surface area contributed by atoms with Crippen molar-refractivity contribution in [3.63, 3.8) is 0 Å². The minimum Gasteiger partial charge on any atom is -0.461 e. The van der Waals surface area contributed by atoms with Gasteiger partial charge >= 0.3 is 12.1 Å². The normalized spacial score (nSPS) is 21.1. The van der Waals surface area contributed by atoms with Gasteiger partial charge in [0.1, 0.15) is 0 Å². The van der Waals surface area contributed by atoms with Gasteiger partial charge in [0.2, 0.25) is 0 Å². The van der Waals surface area contributed by atoms with Crippen LogP contribution in [0.15, 0.2) is 54.6 Å². The van der Waals surface area contributed by atoms with Crippen LogP contribution in [0.1, 0.15) is 39.3 Å². The second-order valence-electron chi connectivity index (χ2n) is 6.96. The lowest BCUT2D eigenvalue weighted by Crippen LogP contribution is -2.45. The number of benzene rings is 2. The fourth-order valence-electron chi connectivity index (χ4n) is 3.56. The van der Waals surface area contributed by atoms with E-state index in [2.05, 4.69) is 0 Å². The maximum atomic E-state index is 12.8. The minimum absolute atomic E-state index is 0.269. The van der Waals surface area contributed by atoms with E-state index >= 15 is 0 Å². The number of amides is 1. The summed E-state index contributed by atoms with van der Waals surface area (Å²) < 4.78 is 10.9. The third-order valence-corrected chi connectivity index (χ3v) is 4.72. The standard InChI is InChI=1S/C22H25NO4/c1-5-9-19-20(21(24)26-14(2)3)23(22(25)27-19)15(4)17-13-8-11-16-10-6-7-12-18(16)17/h5-15,19-20H,1-4H3. The third kappa shape index (κ3) is 3.68. The van der Waals surface area contributed by atoms with Crippen molar-refractivity contribution in [2.75, 3.05) is 0 Å². The van der Waals surface area contributed by atoms with Gasteiger partial charge in [-0.2, -0.15) is 0 Å². The predicted molar refractivity (Wildman–Crippen MR) is 104 cm³/mol. The van der Waals surface area contributed by atoms with Crippen LogP contribution in [0.4, 0.5) is 4.79 Å². The molecule has 27 heavy (non-hydrogen) atoms. The number of nitrogens with zero attached hydrogens (tertiary/aromatic N) is 1. The average Bonchev–Trinajstić information content (AvgIpc) is 2.96. The highest BCUT2D eigenvalue weighted by Crippen LogP contribution is 2.35. The van der Waals surface area contributed by atoms with Crippen LogP contribution in [-0.2, 0) is 14.3 Å². The molecule has 0 aromatic heterocycles. The number of fused-ring (bicyclic) bond motifs is 1. The number of hydrogen-bond acceptors (Lipinski definition) is 4. The van der Waals surface area contributed by atoms with Gasteiger partial charge in [-0.15, -0.1) is 0 Å². The van der Waals surface area contributed by atoms with E-state index in [1.807, 2.05) is 56.3 Å². The SMILES string of the molecule is CC=CC1OC(=O)N(C(C)c2cccc3ccccc23)C1C(=O)OC(C)C. The van der Waals surface area contributed by atoms with Crippen LogP contribution >= 0.6 is 0 Å². The Balaban J connectivity index is 2.03. The lowest BCUT2D eigenvalue weighted by molar-refractivity contribution is -0.153. The molecule has 2 aromatic rings. The van der Waals surface area contributed by atoms with E-state index in [4.69, 9.17) is 9.47 Å². The molecule has 1 aliphatic rings. The topological polar surface area (TPSA) is 55.8 Å². The van der Waals surface area contributed by atoms with Crippen LogP contribution in [0.3, 0.4) is 0 Å². The molecule has 0 aliphatic carbocycles. The molecule has 1 fully saturated rings. The van der Waals surface area contributed by atoms with E-state index in [9.17, 15) is 9.59 Å². The number of hydrogen-bond donors (Lipinski definition) is 0. The molecule has 1 amide bonds. The number of allylic oxidation sites excluding steroid dienone is 1. The Morgan fingerprint density at radius 2 is 1.85 bits per heavy atom. The van der Waals surface area contributed by atoms with Gasteiger partial charge in [0, 0.05) is 0 Å². The number of esters is 1. The molecular formula is C22H25NO4. The molecule has 3 unspecified atom stereocenters. The van der Waals surface area contributed by atoms with Crippen molar-refractivity contribution >= 4 is 22.8 Å². The molecule has 0 spiro atoms. The maximum Gasteiger partial charge on any atom is 0.411 e. The molecule has 5 heteroatoms. The zero-order valence-electron chi connectivity index (χ0n) is 16.1. The molecular weight excluding hydrogens is 342 g/mol. The fraction of sp³-hybridized carbons (Fsp3) is 0.364. The molecule has 0 N–H and O–H groups in total. The van der Waals surface area contributed by atoms with Crippen LogP contribution in [-0.4, -0.2) is 35.2 Å². The second-order valence-corrected chi connectivity index (χ2v) is 6.96. The molecule has 2 aromatic carbocycles. The average molecular weight is 367 g/mol. The van der Waals surface area contributed by atoms with Gasteiger partial charge in [0.15, 0.2) is 12.1 Å². The van der Waals surface area contributed by atoms with E-state index < -0.39 is 24.2 Å². The van der Waals surface area contributed by atoms with E-state index in [-0.39, 0.29) is 12.1 Å². The highest BCUT2D eigenvalue weighted by atomic mass is 16.6. The Labute approximate surface area is 159 Å². The summed E-state index contributed by atoms with van der Waals surface area (Å²) in [4.78, 5) is 26.9. The van der Waals surface area contributed by atoms with Crippen molar-refractivity contribution in [2.24, 2.45) is 0 Å². The first kappa shape index (κ1) is 19.0. The molecule has 5 nitrogen and oxygen atoms in total. The summed E-state index contributed by atoms with van der Waals surface area (Å²) in [5.41, 5.74) is 0.966. The van der Waals surface area contributed by atoms with Crippen LogP contribution in [0, 0.1) is 0 Å². The van der Waals surface area contributed by atoms with Gasteiger partial charge < -0.3 is 9.47 Å². The van der Waals surface area contributed by atoms with Crippen LogP contribution in [0.2, 0.25) is 0 Å². The number of rotatable bonds is 5. The first-order valence-electron chi connectivity index (χ1n) is 9.24. The Hall–Kier alpha value is -2.82. The zero-order chi connectivity index (χ0) is 19.6. The van der Waals surface area contributed by atoms with Crippen molar-refractivity contribution in [2.45, 2.75) is 52.0 Å². The van der Waals surface area contributed by atoms with E-state index in [1.165, 1.54) is 4.90 Å². The molecule has 0 saturated carbocycles. The molecule has 142 valence electrons. The van der Waals surface area contributed by atoms with Crippen molar-refractivity contribution in [1.82, 2.24) is 4.90 Å². The highest BCUT2D eigenvalue weighted by molar-refractivity contribution is 5.89. The first-order valence-corrected chi connectivity index (χ1v) is 9.24. The zero-order valence-corrected chi connectivity index (χ0v) is 16.1. The first-order chi connectivity index (χ1) is 12.9. The molecule has 0 radical (unpaired) electrons. The summed E-state index contributed by atoms with van der Waals surface area (Å²) in [5, 5.41) is 2.13. The summed E-state index contributed by atoms with van der Waals surface area (Å²) in [6.07, 6.45) is 2.06. The number of cyclic esters (lactones) is 1. The van der Waals surface area contributed by atoms with Crippen LogP contribution < -0.4 is 0 Å². The lowest BCUT2D eigenvalue weighted by Gasteiger charge is -2.29. The van der Waals surface area contributed by atoms with Crippen LogP contribution in [0.5, 0.6) is 0 Å². The van der Waals surface area contributed by atoms with Gasteiger partial charge in [0.05, 0.1) is 12.1 Å². The van der Waals surface area contributed by atoms with E-state index in [0.29, 0.717) is 0 Å². The smallest absolute Gasteiger partial charge is 0.411 e. The van der Waals surface area contributed by atoms with E-state index in [1.54, 1.807) is 26.0 Å². The number of carbonyl (C=O) groups excluding carboxylic acids is 2. The summed E-state index contributed by atoms with van der Waals surface area (Å²) in [5.74, 6) is -0.453. The largest absolute Gasteiger partial charge is 0.461 e. The number of ether oxygens (including phenoxy) is 2. The van der Waals surface area contributed by atoms with Gasteiger partial charge in [-0.25, -0.2) is 9.59 Å². The van der Waals surface area contributed by atoms with Crippen molar-refractivity contribution in [3.8, 4) is 0 Å². The lowest BCUT2D eigenvalue weighted by atomic mass is 9.97. The Morgan fingerprint density at radius 1 is 1.15 bits per heavy atom. The molecule has 3 atom stereocenters. The minimum atomic E-state index is -0.815. The van der Waals surface area contributed by atoms with Gasteiger partial charge in [-0.05, 0) is 50.1 Å². The molecule has 1 aliphatic heterocycles. The second kappa shape index (κ2) is 7.82. The molecule has 1 heterocycles. The Kier molecular flexibility index (Phi) is 5.49. The van der Waals surface area contributed by atoms with Gasteiger partial charge in [0.25, 0.3) is 0 Å². The quantitative estimate of drug-likeness (QED) is 0.572. The van der Waals surface area contributed by atoms with Gasteiger partial charge in [-0.1, -0.05) is 48.5 Å². The van der Waals surface area contributed by atoms with Crippen LogP contribution in [0.25, 0.3) is 10.8 Å². The summed E-state index contributed by atoms with van der Waals surface area (Å²) in [7, 11) is 0. The predicted octanol–water partition coefficient (Wildman–Crippen LogP) is 4.62. The summed E-state index contributed by atoms with van der Waals surface area (Å²) in [6.45, 7) is 7.32.